The number of hydrogen-bond acceptors (Lipinski definition) is 5. The lowest BCUT2D eigenvalue weighted by Crippen LogP contribution is -2.51. The van der Waals surface area contributed by atoms with E-state index in [1.165, 1.54) is 12.0 Å². The molecule has 1 unspecified atom stereocenters. The summed E-state index contributed by atoms with van der Waals surface area (Å²) in [7, 11) is -2.31. The second kappa shape index (κ2) is 12.8. The number of nitrogens with one attached hydrogen (secondary N) is 1. The second-order valence-electron chi connectivity index (χ2n) is 7.94. The highest BCUT2D eigenvalue weighted by Gasteiger charge is 2.30. The first-order valence-corrected chi connectivity index (χ1v) is 13.6. The molecule has 2 aromatic rings. The fourth-order valence-corrected chi connectivity index (χ4v) is 4.62. The predicted molar refractivity (Wildman–Crippen MR) is 137 cm³/mol. The lowest BCUT2D eigenvalue weighted by Gasteiger charge is -2.31. The van der Waals surface area contributed by atoms with Crippen LogP contribution in [-0.4, -0.2) is 57.6 Å². The number of nitrogens with zero attached hydrogens (tertiary/aromatic N) is 2. The van der Waals surface area contributed by atoms with Crippen LogP contribution in [-0.2, 0) is 26.2 Å². The SMILES string of the molecule is CCCCNC(=O)C(C)N(Cc1cccc(Br)c1)C(=O)CN(c1cccc(OC)c1)S(C)(=O)=O. The summed E-state index contributed by atoms with van der Waals surface area (Å²) in [5.74, 6) is -0.316. The molecule has 0 bridgehead atoms. The molecule has 2 rings (SSSR count). The van der Waals surface area contributed by atoms with Gasteiger partial charge >= 0.3 is 0 Å². The fourth-order valence-electron chi connectivity index (χ4n) is 3.33. The first kappa shape index (κ1) is 27.7. The minimum Gasteiger partial charge on any atom is -0.497 e. The number of carbonyl (C=O) groups excluding carboxylic acids is 2. The fraction of sp³-hybridized carbons (Fsp3) is 0.417. The van der Waals surface area contributed by atoms with E-state index in [4.69, 9.17) is 4.74 Å². The molecule has 2 aromatic carbocycles. The summed E-state index contributed by atoms with van der Waals surface area (Å²) in [6.45, 7) is 3.88. The molecule has 0 spiro atoms. The van der Waals surface area contributed by atoms with Gasteiger partial charge in [-0.15, -0.1) is 0 Å². The van der Waals surface area contributed by atoms with Crippen molar-refractivity contribution in [1.82, 2.24) is 10.2 Å². The Bertz CT molecular complexity index is 1090. The van der Waals surface area contributed by atoms with Gasteiger partial charge in [-0.05, 0) is 43.2 Å². The number of methoxy groups -OCH3 is 1. The molecule has 1 N–H and O–H groups in total. The smallest absolute Gasteiger partial charge is 0.244 e. The predicted octanol–water partition coefficient (Wildman–Crippen LogP) is 3.56. The first-order chi connectivity index (χ1) is 16.1. The Balaban J connectivity index is 2.36. The molecule has 0 aliphatic rings. The molecular weight excluding hydrogens is 522 g/mol. The average molecular weight is 555 g/mol. The third-order valence-electron chi connectivity index (χ3n) is 5.26. The molecule has 0 heterocycles. The number of anilines is 1. The minimum absolute atomic E-state index is 0.149. The number of carbonyl (C=O) groups is 2. The van der Waals surface area contributed by atoms with Gasteiger partial charge in [0.15, 0.2) is 0 Å². The normalized spacial score (nSPS) is 12.0. The van der Waals surface area contributed by atoms with Crippen LogP contribution in [0.3, 0.4) is 0 Å². The van der Waals surface area contributed by atoms with Crippen molar-refractivity contribution >= 4 is 43.5 Å². The van der Waals surface area contributed by atoms with Crippen molar-refractivity contribution in [3.05, 3.63) is 58.6 Å². The van der Waals surface area contributed by atoms with Crippen LogP contribution in [0.15, 0.2) is 53.0 Å². The minimum atomic E-state index is -3.79. The Morgan fingerprint density at radius 3 is 2.47 bits per heavy atom. The quantitative estimate of drug-likeness (QED) is 0.405. The van der Waals surface area contributed by atoms with E-state index < -0.39 is 28.5 Å². The van der Waals surface area contributed by atoms with E-state index in [0.717, 1.165) is 33.4 Å². The van der Waals surface area contributed by atoms with Crippen molar-refractivity contribution in [2.45, 2.75) is 39.3 Å². The largest absolute Gasteiger partial charge is 0.497 e. The number of ether oxygens (including phenoxy) is 1. The summed E-state index contributed by atoms with van der Waals surface area (Å²) in [6, 6.07) is 13.1. The lowest BCUT2D eigenvalue weighted by molar-refractivity contribution is -0.139. The lowest BCUT2D eigenvalue weighted by atomic mass is 10.1. The summed E-state index contributed by atoms with van der Waals surface area (Å²) < 4.78 is 32.3. The number of hydrogen-bond donors (Lipinski definition) is 1. The summed E-state index contributed by atoms with van der Waals surface area (Å²) >= 11 is 3.43. The van der Waals surface area contributed by atoms with E-state index >= 15 is 0 Å². The van der Waals surface area contributed by atoms with Crippen molar-refractivity contribution < 1.29 is 22.7 Å². The molecule has 10 heteroatoms. The molecule has 0 saturated carbocycles. The van der Waals surface area contributed by atoms with E-state index in [0.29, 0.717) is 18.0 Å². The molecule has 8 nitrogen and oxygen atoms in total. The van der Waals surface area contributed by atoms with E-state index in [2.05, 4.69) is 21.2 Å². The third-order valence-corrected chi connectivity index (χ3v) is 6.89. The molecule has 2 amide bonds. The highest BCUT2D eigenvalue weighted by molar-refractivity contribution is 9.10. The van der Waals surface area contributed by atoms with Gasteiger partial charge in [-0.3, -0.25) is 13.9 Å². The van der Waals surface area contributed by atoms with Gasteiger partial charge in [0.1, 0.15) is 18.3 Å². The summed E-state index contributed by atoms with van der Waals surface area (Å²) in [6.07, 6.45) is 2.80. The molecule has 0 aromatic heterocycles. The van der Waals surface area contributed by atoms with Gasteiger partial charge in [0.25, 0.3) is 0 Å². The van der Waals surface area contributed by atoms with E-state index in [9.17, 15) is 18.0 Å². The van der Waals surface area contributed by atoms with Gasteiger partial charge in [-0.1, -0.05) is 47.5 Å². The van der Waals surface area contributed by atoms with Gasteiger partial charge in [0, 0.05) is 23.6 Å². The van der Waals surface area contributed by atoms with Crippen LogP contribution in [0.25, 0.3) is 0 Å². The first-order valence-electron chi connectivity index (χ1n) is 11.0. The number of rotatable bonds is 12. The van der Waals surface area contributed by atoms with Crippen LogP contribution in [0.2, 0.25) is 0 Å². The van der Waals surface area contributed by atoms with Crippen LogP contribution < -0.4 is 14.4 Å². The van der Waals surface area contributed by atoms with E-state index in [-0.39, 0.29) is 12.5 Å². The maximum Gasteiger partial charge on any atom is 0.244 e. The number of benzene rings is 2. The Kier molecular flexibility index (Phi) is 10.4. The molecule has 0 aliphatic heterocycles. The molecule has 0 saturated heterocycles. The van der Waals surface area contributed by atoms with Crippen molar-refractivity contribution in [2.24, 2.45) is 0 Å². The van der Waals surface area contributed by atoms with Gasteiger partial charge in [0.2, 0.25) is 21.8 Å². The maximum absolute atomic E-state index is 13.5. The van der Waals surface area contributed by atoms with Crippen LogP contribution in [0.1, 0.15) is 32.3 Å². The highest BCUT2D eigenvalue weighted by atomic mass is 79.9. The number of halogens is 1. The number of amides is 2. The molecule has 186 valence electrons. The summed E-state index contributed by atoms with van der Waals surface area (Å²) in [4.78, 5) is 27.7. The van der Waals surface area contributed by atoms with Crippen molar-refractivity contribution in [3.63, 3.8) is 0 Å². The molecule has 0 fully saturated rings. The maximum atomic E-state index is 13.5. The van der Waals surface area contributed by atoms with Gasteiger partial charge in [-0.25, -0.2) is 8.42 Å². The van der Waals surface area contributed by atoms with Crippen LogP contribution in [0.4, 0.5) is 5.69 Å². The van der Waals surface area contributed by atoms with Crippen molar-refractivity contribution in [1.29, 1.82) is 0 Å². The molecule has 34 heavy (non-hydrogen) atoms. The summed E-state index contributed by atoms with van der Waals surface area (Å²) in [5, 5.41) is 2.86. The zero-order valence-electron chi connectivity index (χ0n) is 20.0. The molecular formula is C24H32BrN3O5S. The number of sulfonamides is 1. The monoisotopic (exact) mass is 553 g/mol. The Labute approximate surface area is 210 Å². The topological polar surface area (TPSA) is 96.0 Å². The third kappa shape index (κ3) is 8.02. The Morgan fingerprint density at radius 1 is 1.15 bits per heavy atom. The van der Waals surface area contributed by atoms with Crippen LogP contribution in [0.5, 0.6) is 5.75 Å². The van der Waals surface area contributed by atoms with Gasteiger partial charge in [0.05, 0.1) is 19.1 Å². The van der Waals surface area contributed by atoms with Crippen molar-refractivity contribution in [2.75, 3.05) is 30.8 Å². The van der Waals surface area contributed by atoms with Gasteiger partial charge < -0.3 is 15.0 Å². The Hall–Kier alpha value is -2.59. The molecule has 1 atom stereocenters. The molecule has 0 aliphatic carbocycles. The number of unbranched alkanes of at least 4 members (excludes halogenated alkanes) is 1. The zero-order valence-corrected chi connectivity index (χ0v) is 22.4. The van der Waals surface area contributed by atoms with Gasteiger partial charge in [-0.2, -0.15) is 0 Å². The second-order valence-corrected chi connectivity index (χ2v) is 10.8. The van der Waals surface area contributed by atoms with E-state index in [1.807, 2.05) is 31.2 Å². The zero-order chi connectivity index (χ0) is 25.3. The van der Waals surface area contributed by atoms with Crippen molar-refractivity contribution in [3.8, 4) is 5.75 Å². The van der Waals surface area contributed by atoms with Crippen LogP contribution >= 0.6 is 15.9 Å². The highest BCUT2D eigenvalue weighted by Crippen LogP contribution is 2.24. The standard InChI is InChI=1S/C24H32BrN3O5S/c1-5-6-13-26-24(30)18(2)27(16-19-9-7-10-20(25)14-19)23(29)17-28(34(4,31)32)21-11-8-12-22(15-21)33-3/h7-12,14-15,18H,5-6,13,16-17H2,1-4H3,(H,26,30). The molecule has 0 radical (unpaired) electrons. The van der Waals surface area contributed by atoms with E-state index in [1.54, 1.807) is 31.2 Å². The summed E-state index contributed by atoms with van der Waals surface area (Å²) in [5.41, 5.74) is 1.11. The average Bonchev–Trinajstić information content (AvgIpc) is 2.79. The van der Waals surface area contributed by atoms with Crippen LogP contribution in [0, 0.1) is 0 Å². The Morgan fingerprint density at radius 2 is 1.85 bits per heavy atom.